The van der Waals surface area contributed by atoms with Crippen molar-refractivity contribution in [2.75, 3.05) is 0 Å². The summed E-state index contributed by atoms with van der Waals surface area (Å²) in [5, 5.41) is 8.72. The summed E-state index contributed by atoms with van der Waals surface area (Å²) in [7, 11) is 0. The third-order valence-electron chi connectivity index (χ3n) is 5.27. The molecule has 1 aromatic rings. The molecule has 3 heteroatoms. The molecule has 1 aromatic heterocycles. The molecule has 0 spiro atoms. The van der Waals surface area contributed by atoms with Crippen molar-refractivity contribution < 1.29 is 0 Å². The summed E-state index contributed by atoms with van der Waals surface area (Å²) >= 11 is 0. The van der Waals surface area contributed by atoms with Gasteiger partial charge in [-0.25, -0.2) is 4.68 Å². The van der Waals surface area contributed by atoms with Crippen LogP contribution in [0.25, 0.3) is 11.3 Å². The zero-order valence-corrected chi connectivity index (χ0v) is 23.6. The van der Waals surface area contributed by atoms with E-state index in [4.69, 9.17) is 5.10 Å². The highest BCUT2D eigenvalue weighted by atomic mass is 15.3. The molecule has 192 valence electrons. The molecule has 1 rings (SSSR count). The molecule has 0 aliphatic carbocycles. The number of nitrogens with zero attached hydrogens (tertiary/aromatic N) is 2. The van der Waals surface area contributed by atoms with E-state index in [-0.39, 0.29) is 0 Å². The van der Waals surface area contributed by atoms with Gasteiger partial charge in [-0.05, 0) is 56.4 Å². The Hall–Kier alpha value is -2.39. The van der Waals surface area contributed by atoms with Crippen LogP contribution in [0.4, 0.5) is 0 Å². The van der Waals surface area contributed by atoms with Crippen molar-refractivity contribution in [2.24, 2.45) is 0 Å². The van der Waals surface area contributed by atoms with Crippen LogP contribution in [-0.2, 0) is 6.54 Å². The van der Waals surface area contributed by atoms with Crippen LogP contribution in [0.3, 0.4) is 0 Å². The summed E-state index contributed by atoms with van der Waals surface area (Å²) in [4.78, 5) is 0. The molecule has 0 saturated carbocycles. The highest BCUT2D eigenvalue weighted by Gasteiger charge is 2.18. The van der Waals surface area contributed by atoms with E-state index in [1.165, 1.54) is 37.7 Å². The van der Waals surface area contributed by atoms with Crippen LogP contribution in [0, 0.1) is 6.92 Å². The number of hydrogen-bond acceptors (Lipinski definition) is 2. The fourth-order valence-electron chi connectivity index (χ4n) is 3.58. The summed E-state index contributed by atoms with van der Waals surface area (Å²) in [6.07, 6.45) is 20.8. The fourth-order valence-corrected chi connectivity index (χ4v) is 3.58. The van der Waals surface area contributed by atoms with E-state index in [1.54, 1.807) is 6.08 Å². The molecule has 0 fully saturated rings. The Labute approximate surface area is 212 Å². The van der Waals surface area contributed by atoms with Gasteiger partial charge in [-0.1, -0.05) is 111 Å². The molecule has 1 N–H and O–H groups in total. The summed E-state index contributed by atoms with van der Waals surface area (Å²) in [6, 6.07) is 0.537. The number of rotatable bonds is 15. The maximum atomic E-state index is 4.97. The lowest BCUT2D eigenvalue weighted by atomic mass is 10.0. The van der Waals surface area contributed by atoms with Gasteiger partial charge in [0, 0.05) is 12.6 Å². The Bertz CT molecular complexity index is 775. The highest BCUT2D eigenvalue weighted by Crippen LogP contribution is 2.27. The molecule has 0 saturated heterocycles. The summed E-state index contributed by atoms with van der Waals surface area (Å²) < 4.78 is 1.98. The minimum Gasteiger partial charge on any atom is -0.308 e. The van der Waals surface area contributed by atoms with E-state index in [9.17, 15) is 0 Å². The largest absolute Gasteiger partial charge is 0.308 e. The number of aromatic nitrogens is 2. The smallest absolute Gasteiger partial charge is 0.0802 e. The van der Waals surface area contributed by atoms with Crippen LogP contribution in [0.15, 0.2) is 62.3 Å². The average Bonchev–Trinajstić information content (AvgIpc) is 3.20. The van der Waals surface area contributed by atoms with Crippen LogP contribution >= 0.6 is 0 Å². The van der Waals surface area contributed by atoms with E-state index >= 15 is 0 Å². The highest BCUT2D eigenvalue weighted by molar-refractivity contribution is 5.77. The zero-order chi connectivity index (χ0) is 26.4. The molecule has 0 amide bonds. The zero-order valence-electron chi connectivity index (χ0n) is 23.6. The predicted octanol–water partition coefficient (Wildman–Crippen LogP) is 9.44. The van der Waals surface area contributed by atoms with Crippen LogP contribution < -0.4 is 5.32 Å². The molecule has 1 atom stereocenters. The van der Waals surface area contributed by atoms with Gasteiger partial charge in [0.1, 0.15) is 0 Å². The SMILES string of the molecule is C=C/C=C(\C=C)n1nc(CNC(CCC)CCCC)c(C)c1/C(C=C)=C/C/C=C\C.CC.CC. The third-order valence-corrected chi connectivity index (χ3v) is 5.27. The first-order valence-electron chi connectivity index (χ1n) is 13.3. The topological polar surface area (TPSA) is 29.9 Å². The second-order valence-electron chi connectivity index (χ2n) is 7.54. The van der Waals surface area contributed by atoms with Crippen molar-refractivity contribution in [2.45, 2.75) is 107 Å². The molecule has 1 unspecified atom stereocenters. The Morgan fingerprint density at radius 3 is 2.21 bits per heavy atom. The lowest BCUT2D eigenvalue weighted by Crippen LogP contribution is -2.28. The van der Waals surface area contributed by atoms with Crippen molar-refractivity contribution in [1.29, 1.82) is 0 Å². The van der Waals surface area contributed by atoms with Gasteiger partial charge in [0.2, 0.25) is 0 Å². The van der Waals surface area contributed by atoms with Gasteiger partial charge in [0.25, 0.3) is 0 Å². The summed E-state index contributed by atoms with van der Waals surface area (Å²) in [5.74, 6) is 0. The minimum atomic E-state index is 0.537. The van der Waals surface area contributed by atoms with Crippen LogP contribution in [0.1, 0.15) is 104 Å². The maximum absolute atomic E-state index is 4.97. The number of nitrogens with one attached hydrogen (secondary N) is 1. The van der Waals surface area contributed by atoms with E-state index in [2.05, 4.69) is 64.1 Å². The Morgan fingerprint density at radius 2 is 1.71 bits per heavy atom. The van der Waals surface area contributed by atoms with Gasteiger partial charge >= 0.3 is 0 Å². The van der Waals surface area contributed by atoms with E-state index in [0.29, 0.717) is 6.04 Å². The molecule has 1 heterocycles. The molecular weight excluding hydrogens is 414 g/mol. The monoisotopic (exact) mass is 467 g/mol. The summed E-state index contributed by atoms with van der Waals surface area (Å²) in [5.41, 5.74) is 5.30. The van der Waals surface area contributed by atoms with Gasteiger partial charge in [0.15, 0.2) is 0 Å². The lowest BCUT2D eigenvalue weighted by molar-refractivity contribution is 0.431. The van der Waals surface area contributed by atoms with Gasteiger partial charge < -0.3 is 5.32 Å². The van der Waals surface area contributed by atoms with Gasteiger partial charge in [0.05, 0.1) is 17.1 Å². The van der Waals surface area contributed by atoms with Crippen molar-refractivity contribution in [3.8, 4) is 0 Å². The number of hydrogen-bond donors (Lipinski definition) is 1. The molecule has 0 aromatic carbocycles. The second kappa shape index (κ2) is 22.4. The number of unbranched alkanes of at least 4 members (excludes halogenated alkanes) is 1. The van der Waals surface area contributed by atoms with E-state index in [0.717, 1.165) is 35.6 Å². The standard InChI is InChI=1S/C27H41N3.2C2H6/c1-8-14-16-19-23(12-5)27-22(7)26(29-30(27)25(13-6)18-11-4)21-28-24(17-10-3)20-15-9-2;2*1-2/h8,11-14,18-19,24,28H,4-6,9-10,15-17,20-21H2,1-3,7H3;2*1-2H3/b14-8-,23-19+,25-18+;;. The van der Waals surface area contributed by atoms with Crippen LogP contribution in [0.2, 0.25) is 0 Å². The number of allylic oxidation sites excluding steroid dienone is 9. The normalized spacial score (nSPS) is 12.4. The average molecular weight is 468 g/mol. The fraction of sp³-hybridized carbons (Fsp3) is 0.516. The molecule has 0 radical (unpaired) electrons. The van der Waals surface area contributed by atoms with E-state index < -0.39 is 0 Å². The molecular formula is C31H53N3. The maximum Gasteiger partial charge on any atom is 0.0802 e. The first kappa shape index (κ1) is 33.8. The Balaban J connectivity index is 0. The quantitative estimate of drug-likeness (QED) is 0.205. The van der Waals surface area contributed by atoms with Crippen molar-refractivity contribution in [3.05, 3.63) is 79.2 Å². The third kappa shape index (κ3) is 11.7. The van der Waals surface area contributed by atoms with Crippen molar-refractivity contribution in [1.82, 2.24) is 15.1 Å². The lowest BCUT2D eigenvalue weighted by Gasteiger charge is -2.17. The summed E-state index contributed by atoms with van der Waals surface area (Å²) in [6.45, 7) is 29.3. The Morgan fingerprint density at radius 1 is 1.03 bits per heavy atom. The van der Waals surface area contributed by atoms with Gasteiger partial charge in [-0.2, -0.15) is 5.10 Å². The predicted molar refractivity (Wildman–Crippen MR) is 157 cm³/mol. The van der Waals surface area contributed by atoms with Crippen molar-refractivity contribution in [3.63, 3.8) is 0 Å². The molecule has 0 bridgehead atoms. The Kier molecular flexibility index (Phi) is 22.3. The van der Waals surface area contributed by atoms with Gasteiger partial charge in [-0.15, -0.1) is 0 Å². The molecule has 34 heavy (non-hydrogen) atoms. The first-order valence-corrected chi connectivity index (χ1v) is 13.3. The first-order chi connectivity index (χ1) is 16.6. The van der Waals surface area contributed by atoms with Gasteiger partial charge in [-0.3, -0.25) is 0 Å². The minimum absolute atomic E-state index is 0.537. The van der Waals surface area contributed by atoms with Crippen LogP contribution in [0.5, 0.6) is 0 Å². The van der Waals surface area contributed by atoms with Crippen molar-refractivity contribution >= 4 is 11.3 Å². The van der Waals surface area contributed by atoms with E-state index in [1.807, 2.05) is 57.5 Å². The van der Waals surface area contributed by atoms with Crippen LogP contribution in [-0.4, -0.2) is 15.8 Å². The molecule has 3 nitrogen and oxygen atoms in total. The second-order valence-corrected chi connectivity index (χ2v) is 7.54. The molecule has 0 aliphatic rings. The molecule has 0 aliphatic heterocycles.